The molecular weight excluding hydrogens is 274 g/mol. The molecular formula is C14H21N3O4. The van der Waals surface area contributed by atoms with Crippen LogP contribution in [0.25, 0.3) is 0 Å². The number of amides is 1. The van der Waals surface area contributed by atoms with E-state index in [0.717, 1.165) is 24.2 Å². The molecule has 2 heterocycles. The van der Waals surface area contributed by atoms with E-state index in [4.69, 9.17) is 4.74 Å². The SMILES string of the molecule is Cc1cc(C)n(CC(=O)NC(C(=O)O)C2CCCOC2)n1. The van der Waals surface area contributed by atoms with Crippen molar-refractivity contribution in [2.45, 2.75) is 39.3 Å². The number of nitrogens with one attached hydrogen (secondary N) is 1. The fourth-order valence-electron chi connectivity index (χ4n) is 2.60. The minimum atomic E-state index is -1.02. The minimum absolute atomic E-state index is 0.0248. The molecule has 1 aromatic rings. The largest absolute Gasteiger partial charge is 0.480 e. The van der Waals surface area contributed by atoms with E-state index >= 15 is 0 Å². The van der Waals surface area contributed by atoms with Crippen LogP contribution in [-0.2, 0) is 20.9 Å². The zero-order chi connectivity index (χ0) is 15.4. The molecule has 0 spiro atoms. The normalized spacial score (nSPS) is 20.0. The first-order chi connectivity index (χ1) is 9.97. The summed E-state index contributed by atoms with van der Waals surface area (Å²) in [6, 6.07) is 0.964. The van der Waals surface area contributed by atoms with E-state index < -0.39 is 12.0 Å². The van der Waals surface area contributed by atoms with Crippen molar-refractivity contribution in [1.82, 2.24) is 15.1 Å². The van der Waals surface area contributed by atoms with Crippen LogP contribution in [0, 0.1) is 19.8 Å². The molecule has 1 fully saturated rings. The smallest absolute Gasteiger partial charge is 0.326 e. The van der Waals surface area contributed by atoms with Crippen molar-refractivity contribution in [3.8, 4) is 0 Å². The predicted molar refractivity (Wildman–Crippen MR) is 74.8 cm³/mol. The second kappa shape index (κ2) is 6.71. The summed E-state index contributed by atoms with van der Waals surface area (Å²) < 4.78 is 6.87. The molecule has 1 saturated heterocycles. The van der Waals surface area contributed by atoms with E-state index in [-0.39, 0.29) is 18.4 Å². The van der Waals surface area contributed by atoms with Gasteiger partial charge in [-0.05, 0) is 32.8 Å². The number of aromatic nitrogens is 2. The molecule has 0 saturated carbocycles. The van der Waals surface area contributed by atoms with Crippen molar-refractivity contribution >= 4 is 11.9 Å². The standard InChI is InChI=1S/C14H21N3O4/c1-9-6-10(2)17(16-9)7-12(18)15-13(14(19)20)11-4-3-5-21-8-11/h6,11,13H,3-5,7-8H2,1-2H3,(H,15,18)(H,19,20). The van der Waals surface area contributed by atoms with Gasteiger partial charge >= 0.3 is 5.97 Å². The molecule has 2 rings (SSSR count). The van der Waals surface area contributed by atoms with Gasteiger partial charge in [-0.15, -0.1) is 0 Å². The molecule has 7 nitrogen and oxygen atoms in total. The monoisotopic (exact) mass is 295 g/mol. The summed E-state index contributed by atoms with van der Waals surface area (Å²) in [6.45, 7) is 4.76. The van der Waals surface area contributed by atoms with Crippen LogP contribution in [0.1, 0.15) is 24.2 Å². The summed E-state index contributed by atoms with van der Waals surface area (Å²) in [5.74, 6) is -1.55. The van der Waals surface area contributed by atoms with Gasteiger partial charge in [-0.25, -0.2) is 4.79 Å². The van der Waals surface area contributed by atoms with Gasteiger partial charge in [-0.2, -0.15) is 5.10 Å². The van der Waals surface area contributed by atoms with E-state index in [1.807, 2.05) is 19.9 Å². The molecule has 2 N–H and O–H groups in total. The quantitative estimate of drug-likeness (QED) is 0.825. The highest BCUT2D eigenvalue weighted by Crippen LogP contribution is 2.18. The van der Waals surface area contributed by atoms with Gasteiger partial charge in [0.05, 0.1) is 12.3 Å². The zero-order valence-corrected chi connectivity index (χ0v) is 12.3. The number of carboxylic acid groups (broad SMARTS) is 1. The van der Waals surface area contributed by atoms with Crippen molar-refractivity contribution in [3.63, 3.8) is 0 Å². The van der Waals surface area contributed by atoms with Gasteiger partial charge in [0, 0.05) is 18.2 Å². The number of carbonyl (C=O) groups is 2. The third kappa shape index (κ3) is 4.04. The van der Waals surface area contributed by atoms with Gasteiger partial charge in [0.2, 0.25) is 5.91 Å². The van der Waals surface area contributed by atoms with Crippen molar-refractivity contribution in [2.75, 3.05) is 13.2 Å². The fourth-order valence-corrected chi connectivity index (χ4v) is 2.60. The third-order valence-corrected chi connectivity index (χ3v) is 3.65. The van der Waals surface area contributed by atoms with Gasteiger partial charge < -0.3 is 15.2 Å². The number of nitrogens with zero attached hydrogens (tertiary/aromatic N) is 2. The molecule has 0 aliphatic carbocycles. The highest BCUT2D eigenvalue weighted by atomic mass is 16.5. The van der Waals surface area contributed by atoms with Gasteiger partial charge in [-0.1, -0.05) is 0 Å². The predicted octanol–water partition coefficient (Wildman–Crippen LogP) is 0.496. The van der Waals surface area contributed by atoms with Gasteiger partial charge in [-0.3, -0.25) is 9.48 Å². The van der Waals surface area contributed by atoms with Crippen molar-refractivity contribution in [1.29, 1.82) is 0 Å². The van der Waals surface area contributed by atoms with E-state index in [1.54, 1.807) is 4.68 Å². The molecule has 0 radical (unpaired) electrons. The molecule has 0 aromatic carbocycles. The minimum Gasteiger partial charge on any atom is -0.480 e. The molecule has 21 heavy (non-hydrogen) atoms. The highest BCUT2D eigenvalue weighted by molar-refractivity contribution is 5.83. The van der Waals surface area contributed by atoms with Crippen LogP contribution in [0.15, 0.2) is 6.07 Å². The highest BCUT2D eigenvalue weighted by Gasteiger charge is 2.31. The van der Waals surface area contributed by atoms with Crippen LogP contribution in [0.3, 0.4) is 0 Å². The van der Waals surface area contributed by atoms with Crippen LogP contribution in [-0.4, -0.2) is 46.0 Å². The second-order valence-electron chi connectivity index (χ2n) is 5.45. The Labute approximate surface area is 123 Å². The van der Waals surface area contributed by atoms with Crippen LogP contribution in [0.2, 0.25) is 0 Å². The number of ether oxygens (including phenoxy) is 1. The van der Waals surface area contributed by atoms with Gasteiger partial charge in [0.15, 0.2) is 0 Å². The van der Waals surface area contributed by atoms with Crippen LogP contribution >= 0.6 is 0 Å². The number of rotatable bonds is 5. The third-order valence-electron chi connectivity index (χ3n) is 3.65. The summed E-state index contributed by atoms with van der Waals surface area (Å²) in [7, 11) is 0. The van der Waals surface area contributed by atoms with E-state index in [9.17, 15) is 14.7 Å². The number of carboxylic acids is 1. The molecule has 1 amide bonds. The maximum Gasteiger partial charge on any atom is 0.326 e. The fraction of sp³-hybridized carbons (Fsp3) is 0.643. The molecule has 7 heteroatoms. The first kappa shape index (κ1) is 15.5. The first-order valence-corrected chi connectivity index (χ1v) is 7.08. The van der Waals surface area contributed by atoms with Crippen molar-refractivity contribution in [2.24, 2.45) is 5.92 Å². The summed E-state index contributed by atoms with van der Waals surface area (Å²) in [5, 5.41) is 16.1. The van der Waals surface area contributed by atoms with E-state index in [2.05, 4.69) is 10.4 Å². The Morgan fingerprint density at radius 1 is 1.57 bits per heavy atom. The summed E-state index contributed by atoms with van der Waals surface area (Å²) >= 11 is 0. The average molecular weight is 295 g/mol. The molecule has 1 aliphatic rings. The molecule has 0 bridgehead atoms. The van der Waals surface area contributed by atoms with Gasteiger partial charge in [0.25, 0.3) is 0 Å². The van der Waals surface area contributed by atoms with E-state index in [0.29, 0.717) is 13.2 Å². The maximum atomic E-state index is 12.1. The molecule has 2 unspecified atom stereocenters. The Balaban J connectivity index is 1.98. The second-order valence-corrected chi connectivity index (χ2v) is 5.45. The molecule has 116 valence electrons. The lowest BCUT2D eigenvalue weighted by atomic mass is 9.93. The number of carbonyl (C=O) groups excluding carboxylic acids is 1. The Morgan fingerprint density at radius 3 is 2.86 bits per heavy atom. The van der Waals surface area contributed by atoms with Gasteiger partial charge in [0.1, 0.15) is 12.6 Å². The Bertz CT molecular complexity index is 520. The Kier molecular flexibility index (Phi) is 4.95. The zero-order valence-electron chi connectivity index (χ0n) is 12.3. The topological polar surface area (TPSA) is 93.5 Å². The number of aliphatic carboxylic acids is 1. The number of hydrogen-bond acceptors (Lipinski definition) is 4. The van der Waals surface area contributed by atoms with Crippen LogP contribution in [0.4, 0.5) is 0 Å². The molecule has 1 aliphatic heterocycles. The lowest BCUT2D eigenvalue weighted by molar-refractivity contribution is -0.145. The summed E-state index contributed by atoms with van der Waals surface area (Å²) in [5.41, 5.74) is 1.70. The number of aryl methyl sites for hydroxylation is 2. The lowest BCUT2D eigenvalue weighted by Crippen LogP contribution is -2.49. The summed E-state index contributed by atoms with van der Waals surface area (Å²) in [4.78, 5) is 23.4. The first-order valence-electron chi connectivity index (χ1n) is 7.08. The Hall–Kier alpha value is -1.89. The number of hydrogen-bond donors (Lipinski definition) is 2. The summed E-state index contributed by atoms with van der Waals surface area (Å²) in [6.07, 6.45) is 1.57. The molecule has 2 atom stereocenters. The van der Waals surface area contributed by atoms with Crippen molar-refractivity contribution in [3.05, 3.63) is 17.5 Å². The lowest BCUT2D eigenvalue weighted by Gasteiger charge is -2.28. The van der Waals surface area contributed by atoms with Crippen LogP contribution < -0.4 is 5.32 Å². The molecule has 1 aromatic heterocycles. The van der Waals surface area contributed by atoms with E-state index in [1.165, 1.54) is 0 Å². The van der Waals surface area contributed by atoms with Crippen LogP contribution in [0.5, 0.6) is 0 Å². The van der Waals surface area contributed by atoms with Crippen molar-refractivity contribution < 1.29 is 19.4 Å². The average Bonchev–Trinajstić information content (AvgIpc) is 2.75. The Morgan fingerprint density at radius 2 is 2.33 bits per heavy atom. The maximum absolute atomic E-state index is 12.1.